The maximum absolute atomic E-state index is 13.9. The first kappa shape index (κ1) is 19.5. The van der Waals surface area contributed by atoms with Crippen LogP contribution in [-0.4, -0.2) is 35.7 Å². The predicted molar refractivity (Wildman–Crippen MR) is 110 cm³/mol. The van der Waals surface area contributed by atoms with E-state index in [0.29, 0.717) is 19.1 Å². The summed E-state index contributed by atoms with van der Waals surface area (Å²) in [5.74, 6) is 1.42. The second kappa shape index (κ2) is 7.55. The Morgan fingerprint density at radius 3 is 2.57 bits per heavy atom. The van der Waals surface area contributed by atoms with Crippen LogP contribution >= 0.6 is 0 Å². The minimum absolute atomic E-state index is 0.0531. The SMILES string of the molecule is CCC(/C=C1\OC[C@H](Cc2ccccc2)N1C(=O)C12CCC(C)(C1)OC2)CC. The minimum Gasteiger partial charge on any atom is -0.477 e. The summed E-state index contributed by atoms with van der Waals surface area (Å²) in [6, 6.07) is 10.5. The maximum Gasteiger partial charge on any atom is 0.238 e. The molecule has 0 radical (unpaired) electrons. The smallest absolute Gasteiger partial charge is 0.238 e. The number of allylic oxidation sites excluding steroid dienone is 1. The van der Waals surface area contributed by atoms with Gasteiger partial charge in [0.25, 0.3) is 0 Å². The number of hydrogen-bond acceptors (Lipinski definition) is 3. The highest BCUT2D eigenvalue weighted by atomic mass is 16.5. The van der Waals surface area contributed by atoms with Gasteiger partial charge in [-0.2, -0.15) is 0 Å². The molecule has 1 aromatic carbocycles. The van der Waals surface area contributed by atoms with Gasteiger partial charge in [0, 0.05) is 0 Å². The summed E-state index contributed by atoms with van der Waals surface area (Å²) < 4.78 is 12.1. The van der Waals surface area contributed by atoms with Gasteiger partial charge in [0.1, 0.15) is 6.61 Å². The van der Waals surface area contributed by atoms with Crippen molar-refractivity contribution in [3.63, 3.8) is 0 Å². The first-order valence-corrected chi connectivity index (χ1v) is 10.8. The number of fused-ring (bicyclic) bond motifs is 2. The van der Waals surface area contributed by atoms with Crippen molar-refractivity contribution in [3.8, 4) is 0 Å². The summed E-state index contributed by atoms with van der Waals surface area (Å²) in [5.41, 5.74) is 0.753. The van der Waals surface area contributed by atoms with Crippen LogP contribution in [-0.2, 0) is 20.7 Å². The molecule has 3 fully saturated rings. The lowest BCUT2D eigenvalue weighted by Crippen LogP contribution is -2.46. The molecule has 4 nitrogen and oxygen atoms in total. The minimum atomic E-state index is -0.371. The zero-order valence-electron chi connectivity index (χ0n) is 17.4. The van der Waals surface area contributed by atoms with Crippen molar-refractivity contribution < 1.29 is 14.3 Å². The molecule has 0 N–H and O–H groups in total. The Kier molecular flexibility index (Phi) is 5.26. The van der Waals surface area contributed by atoms with E-state index in [4.69, 9.17) is 9.47 Å². The Bertz CT molecular complexity index is 729. The van der Waals surface area contributed by atoms with Crippen molar-refractivity contribution in [1.29, 1.82) is 0 Å². The van der Waals surface area contributed by atoms with Crippen LogP contribution in [0.5, 0.6) is 0 Å². The average Bonchev–Trinajstić information content (AvgIpc) is 3.37. The second-order valence-corrected chi connectivity index (χ2v) is 9.11. The van der Waals surface area contributed by atoms with Gasteiger partial charge < -0.3 is 9.47 Å². The number of carbonyl (C=O) groups excluding carboxylic acids is 1. The van der Waals surface area contributed by atoms with Crippen LogP contribution in [0.2, 0.25) is 0 Å². The topological polar surface area (TPSA) is 38.8 Å². The van der Waals surface area contributed by atoms with E-state index >= 15 is 0 Å². The summed E-state index contributed by atoms with van der Waals surface area (Å²) in [7, 11) is 0. The largest absolute Gasteiger partial charge is 0.477 e. The Labute approximate surface area is 168 Å². The van der Waals surface area contributed by atoms with Crippen molar-refractivity contribution in [2.45, 2.75) is 70.9 Å². The van der Waals surface area contributed by atoms with Crippen molar-refractivity contribution in [1.82, 2.24) is 4.90 Å². The van der Waals surface area contributed by atoms with E-state index in [1.165, 1.54) is 5.56 Å². The Hall–Kier alpha value is -1.81. The molecular weight excluding hydrogens is 350 g/mol. The lowest BCUT2D eigenvalue weighted by Gasteiger charge is -2.32. The number of amides is 1. The number of rotatable bonds is 6. The number of hydrogen-bond donors (Lipinski definition) is 0. The monoisotopic (exact) mass is 383 g/mol. The fraction of sp³-hybridized carbons (Fsp3) is 0.625. The van der Waals surface area contributed by atoms with Crippen LogP contribution in [0.3, 0.4) is 0 Å². The molecule has 152 valence electrons. The van der Waals surface area contributed by atoms with Crippen LogP contribution in [0.25, 0.3) is 0 Å². The van der Waals surface area contributed by atoms with Crippen molar-refractivity contribution in [3.05, 3.63) is 47.9 Å². The predicted octanol–water partition coefficient (Wildman–Crippen LogP) is 4.69. The van der Waals surface area contributed by atoms with Gasteiger partial charge in [0.2, 0.25) is 5.91 Å². The van der Waals surface area contributed by atoms with Crippen molar-refractivity contribution in [2.75, 3.05) is 13.2 Å². The first-order valence-electron chi connectivity index (χ1n) is 10.8. The van der Waals surface area contributed by atoms with Gasteiger partial charge in [-0.1, -0.05) is 44.2 Å². The molecule has 2 heterocycles. The average molecular weight is 384 g/mol. The molecule has 1 saturated carbocycles. The third-order valence-corrected chi connectivity index (χ3v) is 6.98. The number of ether oxygens (including phenoxy) is 2. The molecule has 0 aromatic heterocycles. The van der Waals surface area contributed by atoms with Crippen molar-refractivity contribution >= 4 is 5.91 Å². The van der Waals surface area contributed by atoms with Gasteiger partial charge >= 0.3 is 0 Å². The quantitative estimate of drug-likeness (QED) is 0.715. The molecule has 2 aliphatic heterocycles. The fourth-order valence-corrected chi connectivity index (χ4v) is 5.12. The summed E-state index contributed by atoms with van der Waals surface area (Å²) in [6.45, 7) is 7.66. The van der Waals surface area contributed by atoms with Gasteiger partial charge in [0.05, 0.1) is 23.7 Å². The molecule has 1 aliphatic carbocycles. The zero-order valence-corrected chi connectivity index (χ0v) is 17.4. The van der Waals surface area contributed by atoms with Gasteiger partial charge in [-0.15, -0.1) is 0 Å². The molecule has 2 bridgehead atoms. The van der Waals surface area contributed by atoms with E-state index in [1.807, 2.05) is 11.0 Å². The molecule has 0 spiro atoms. The normalized spacial score (nSPS) is 33.1. The molecule has 3 atom stereocenters. The lowest BCUT2D eigenvalue weighted by molar-refractivity contribution is -0.143. The lowest BCUT2D eigenvalue weighted by atomic mass is 9.85. The molecule has 2 saturated heterocycles. The third-order valence-electron chi connectivity index (χ3n) is 6.98. The Morgan fingerprint density at radius 2 is 2.00 bits per heavy atom. The first-order chi connectivity index (χ1) is 13.5. The number of nitrogens with zero attached hydrogens (tertiary/aromatic N) is 1. The molecule has 1 amide bonds. The molecule has 4 heteroatoms. The number of benzene rings is 1. The molecule has 4 rings (SSSR count). The van der Waals surface area contributed by atoms with Crippen LogP contribution in [0.1, 0.15) is 58.4 Å². The van der Waals surface area contributed by atoms with E-state index in [1.54, 1.807) is 0 Å². The van der Waals surface area contributed by atoms with Gasteiger partial charge in [-0.05, 0) is 63.0 Å². The summed E-state index contributed by atoms with van der Waals surface area (Å²) in [4.78, 5) is 15.9. The number of carbonyl (C=O) groups is 1. The van der Waals surface area contributed by atoms with E-state index in [-0.39, 0.29) is 23.0 Å². The van der Waals surface area contributed by atoms with E-state index in [2.05, 4.69) is 51.1 Å². The van der Waals surface area contributed by atoms with Crippen LogP contribution in [0.15, 0.2) is 42.3 Å². The Morgan fingerprint density at radius 1 is 1.25 bits per heavy atom. The standard InChI is InChI=1S/C24H33NO3/c1-4-18(5-2)14-21-25(20(15-27-21)13-19-9-7-6-8-10-19)22(26)24-12-11-23(3,16-24)28-17-24/h6-10,14,18,20H,4-5,11-13,15-17H2,1-3H3/b21-14-/t20-,23?,24?/m0/s1. The van der Waals surface area contributed by atoms with Gasteiger partial charge in [-0.25, -0.2) is 0 Å². The van der Waals surface area contributed by atoms with Crippen LogP contribution < -0.4 is 0 Å². The molecule has 1 aromatic rings. The highest BCUT2D eigenvalue weighted by Crippen LogP contribution is 2.54. The summed E-state index contributed by atoms with van der Waals surface area (Å²) in [6.07, 6.45) is 7.86. The second-order valence-electron chi connectivity index (χ2n) is 9.11. The van der Waals surface area contributed by atoms with E-state index < -0.39 is 0 Å². The van der Waals surface area contributed by atoms with Gasteiger partial charge in [-0.3, -0.25) is 9.69 Å². The van der Waals surface area contributed by atoms with E-state index in [9.17, 15) is 4.79 Å². The van der Waals surface area contributed by atoms with Crippen molar-refractivity contribution in [2.24, 2.45) is 11.3 Å². The third kappa shape index (κ3) is 3.47. The molecule has 3 aliphatic rings. The van der Waals surface area contributed by atoms with E-state index in [0.717, 1.165) is 44.4 Å². The van der Waals surface area contributed by atoms with Gasteiger partial charge in [0.15, 0.2) is 5.88 Å². The zero-order chi connectivity index (χ0) is 19.8. The highest BCUT2D eigenvalue weighted by Gasteiger charge is 2.59. The summed E-state index contributed by atoms with van der Waals surface area (Å²) >= 11 is 0. The molecular formula is C24H33NO3. The highest BCUT2D eigenvalue weighted by molar-refractivity contribution is 5.86. The summed E-state index contributed by atoms with van der Waals surface area (Å²) in [5, 5.41) is 0. The molecule has 28 heavy (non-hydrogen) atoms. The molecule has 2 unspecified atom stereocenters. The Balaban J connectivity index is 1.63. The van der Waals surface area contributed by atoms with Crippen LogP contribution in [0.4, 0.5) is 0 Å². The van der Waals surface area contributed by atoms with Crippen LogP contribution in [0, 0.1) is 11.3 Å². The maximum atomic E-state index is 13.9. The fourth-order valence-electron chi connectivity index (χ4n) is 5.12.